The van der Waals surface area contributed by atoms with Crippen molar-refractivity contribution < 1.29 is 9.84 Å². The SMILES string of the molecule is COc1cc(C=NNc2ccc(C)cc2)cc(Br)c1O. The van der Waals surface area contributed by atoms with Crippen molar-refractivity contribution in [2.75, 3.05) is 12.5 Å². The van der Waals surface area contributed by atoms with Gasteiger partial charge in [0, 0.05) is 0 Å². The predicted octanol–water partition coefficient (Wildman–Crippen LogP) is 3.92. The first-order valence-corrected chi connectivity index (χ1v) is 6.81. The van der Waals surface area contributed by atoms with Gasteiger partial charge in [-0.1, -0.05) is 17.7 Å². The van der Waals surface area contributed by atoms with E-state index in [1.54, 1.807) is 18.3 Å². The molecule has 0 aliphatic rings. The number of phenolic OH excluding ortho intramolecular Hbond substituents is 1. The number of rotatable bonds is 4. The average Bonchev–Trinajstić information content (AvgIpc) is 2.44. The van der Waals surface area contributed by atoms with Gasteiger partial charge in [-0.15, -0.1) is 0 Å². The third-order valence-corrected chi connectivity index (χ3v) is 3.33. The Bertz CT molecular complexity index is 625. The topological polar surface area (TPSA) is 53.8 Å². The minimum absolute atomic E-state index is 0.0798. The molecular formula is C15H15BrN2O2. The zero-order valence-corrected chi connectivity index (χ0v) is 12.8. The average molecular weight is 335 g/mol. The van der Waals surface area contributed by atoms with Crippen LogP contribution in [0.4, 0.5) is 5.69 Å². The zero-order valence-electron chi connectivity index (χ0n) is 11.2. The first-order valence-electron chi connectivity index (χ1n) is 6.02. The summed E-state index contributed by atoms with van der Waals surface area (Å²) in [5.74, 6) is 0.479. The lowest BCUT2D eigenvalue weighted by atomic mass is 10.2. The Hall–Kier alpha value is -2.01. The summed E-state index contributed by atoms with van der Waals surface area (Å²) in [6.45, 7) is 2.04. The van der Waals surface area contributed by atoms with Crippen LogP contribution in [0.3, 0.4) is 0 Å². The van der Waals surface area contributed by atoms with E-state index in [0.29, 0.717) is 10.2 Å². The summed E-state index contributed by atoms with van der Waals surface area (Å²) in [5.41, 5.74) is 5.87. The highest BCUT2D eigenvalue weighted by atomic mass is 79.9. The van der Waals surface area contributed by atoms with Crippen molar-refractivity contribution in [2.45, 2.75) is 6.92 Å². The molecule has 0 spiro atoms. The highest BCUT2D eigenvalue weighted by Gasteiger charge is 2.07. The van der Waals surface area contributed by atoms with Gasteiger partial charge in [0.2, 0.25) is 0 Å². The monoisotopic (exact) mass is 334 g/mol. The number of halogens is 1. The molecule has 2 aromatic carbocycles. The molecule has 0 aliphatic heterocycles. The third kappa shape index (κ3) is 3.51. The van der Waals surface area contributed by atoms with E-state index in [9.17, 15) is 5.11 Å². The van der Waals surface area contributed by atoms with E-state index < -0.39 is 0 Å². The molecule has 0 amide bonds. The molecule has 20 heavy (non-hydrogen) atoms. The van der Waals surface area contributed by atoms with Crippen LogP contribution in [0.1, 0.15) is 11.1 Å². The summed E-state index contributed by atoms with van der Waals surface area (Å²) in [5, 5.41) is 13.9. The Kier molecular flexibility index (Phi) is 4.63. The van der Waals surface area contributed by atoms with Gasteiger partial charge in [-0.05, 0) is 52.7 Å². The Labute approximate surface area is 126 Å². The Morgan fingerprint density at radius 1 is 1.25 bits per heavy atom. The summed E-state index contributed by atoms with van der Waals surface area (Å²) >= 11 is 3.27. The van der Waals surface area contributed by atoms with E-state index in [4.69, 9.17) is 4.74 Å². The van der Waals surface area contributed by atoms with Gasteiger partial charge in [0.05, 0.1) is 23.5 Å². The van der Waals surface area contributed by atoms with Crippen molar-refractivity contribution in [2.24, 2.45) is 5.10 Å². The van der Waals surface area contributed by atoms with E-state index in [-0.39, 0.29) is 5.75 Å². The summed E-state index contributed by atoms with van der Waals surface area (Å²) < 4.78 is 5.65. The van der Waals surface area contributed by atoms with Crippen LogP contribution in [0.25, 0.3) is 0 Å². The number of nitrogens with one attached hydrogen (secondary N) is 1. The predicted molar refractivity (Wildman–Crippen MR) is 84.8 cm³/mol. The van der Waals surface area contributed by atoms with Crippen molar-refractivity contribution in [3.63, 3.8) is 0 Å². The van der Waals surface area contributed by atoms with Gasteiger partial charge >= 0.3 is 0 Å². The van der Waals surface area contributed by atoms with Crippen molar-refractivity contribution >= 4 is 27.8 Å². The molecule has 0 aliphatic carbocycles. The summed E-state index contributed by atoms with van der Waals surface area (Å²) in [6, 6.07) is 11.4. The Morgan fingerprint density at radius 3 is 2.60 bits per heavy atom. The summed E-state index contributed by atoms with van der Waals surface area (Å²) in [6.07, 6.45) is 1.66. The summed E-state index contributed by atoms with van der Waals surface area (Å²) in [7, 11) is 1.51. The quantitative estimate of drug-likeness (QED) is 0.658. The number of nitrogens with zero attached hydrogens (tertiary/aromatic N) is 1. The largest absolute Gasteiger partial charge is 0.503 e. The molecule has 2 aromatic rings. The molecule has 0 heterocycles. The van der Waals surface area contributed by atoms with Crippen molar-refractivity contribution in [3.8, 4) is 11.5 Å². The van der Waals surface area contributed by atoms with Gasteiger partial charge in [-0.3, -0.25) is 5.43 Å². The van der Waals surface area contributed by atoms with Crippen LogP contribution in [0.2, 0.25) is 0 Å². The minimum atomic E-state index is 0.0798. The molecule has 104 valence electrons. The molecule has 0 atom stereocenters. The minimum Gasteiger partial charge on any atom is -0.503 e. The lowest BCUT2D eigenvalue weighted by molar-refractivity contribution is 0.372. The number of anilines is 1. The first-order chi connectivity index (χ1) is 9.60. The number of hydrazone groups is 1. The van der Waals surface area contributed by atoms with Gasteiger partial charge in [0.25, 0.3) is 0 Å². The van der Waals surface area contributed by atoms with E-state index in [1.165, 1.54) is 12.7 Å². The Balaban J connectivity index is 2.11. The van der Waals surface area contributed by atoms with Crippen LogP contribution in [0.5, 0.6) is 11.5 Å². The number of methoxy groups -OCH3 is 1. The van der Waals surface area contributed by atoms with Gasteiger partial charge in [-0.2, -0.15) is 5.10 Å². The molecule has 4 nitrogen and oxygen atoms in total. The smallest absolute Gasteiger partial charge is 0.172 e. The number of hydrogen-bond acceptors (Lipinski definition) is 4. The fraction of sp³-hybridized carbons (Fsp3) is 0.133. The van der Waals surface area contributed by atoms with Crippen LogP contribution >= 0.6 is 15.9 Å². The van der Waals surface area contributed by atoms with Crippen LogP contribution in [0, 0.1) is 6.92 Å². The maximum atomic E-state index is 9.72. The fourth-order valence-electron chi connectivity index (χ4n) is 1.63. The van der Waals surface area contributed by atoms with Crippen LogP contribution in [0.15, 0.2) is 46.0 Å². The molecular weight excluding hydrogens is 320 g/mol. The number of benzene rings is 2. The van der Waals surface area contributed by atoms with E-state index in [1.807, 2.05) is 31.2 Å². The molecule has 0 aromatic heterocycles. The van der Waals surface area contributed by atoms with Crippen LogP contribution in [-0.2, 0) is 0 Å². The molecule has 0 saturated carbocycles. The molecule has 2 N–H and O–H groups in total. The van der Waals surface area contributed by atoms with Crippen LogP contribution < -0.4 is 10.2 Å². The lowest BCUT2D eigenvalue weighted by Gasteiger charge is -2.06. The highest BCUT2D eigenvalue weighted by Crippen LogP contribution is 2.34. The number of aromatic hydroxyl groups is 1. The molecule has 2 rings (SSSR count). The molecule has 0 fully saturated rings. The van der Waals surface area contributed by atoms with Gasteiger partial charge < -0.3 is 9.84 Å². The van der Waals surface area contributed by atoms with E-state index in [2.05, 4.69) is 26.5 Å². The molecule has 0 radical (unpaired) electrons. The van der Waals surface area contributed by atoms with Gasteiger partial charge in [0.15, 0.2) is 11.5 Å². The second-order valence-electron chi connectivity index (χ2n) is 4.29. The second kappa shape index (κ2) is 6.43. The first kappa shape index (κ1) is 14.4. The van der Waals surface area contributed by atoms with Crippen LogP contribution in [-0.4, -0.2) is 18.4 Å². The number of aryl methyl sites for hydroxylation is 1. The molecule has 0 bridgehead atoms. The van der Waals surface area contributed by atoms with Crippen molar-refractivity contribution in [1.29, 1.82) is 0 Å². The normalized spacial score (nSPS) is 10.8. The summed E-state index contributed by atoms with van der Waals surface area (Å²) in [4.78, 5) is 0. The molecule has 5 heteroatoms. The standard InChI is InChI=1S/C15H15BrN2O2/c1-10-3-5-12(6-4-10)18-17-9-11-7-13(16)15(19)14(8-11)20-2/h3-9,18-19H,1-2H3. The number of hydrogen-bond donors (Lipinski definition) is 2. The third-order valence-electron chi connectivity index (χ3n) is 2.73. The van der Waals surface area contributed by atoms with Crippen molar-refractivity contribution in [3.05, 3.63) is 52.0 Å². The van der Waals surface area contributed by atoms with Crippen molar-refractivity contribution in [1.82, 2.24) is 0 Å². The van der Waals surface area contributed by atoms with Gasteiger partial charge in [0.1, 0.15) is 0 Å². The van der Waals surface area contributed by atoms with Gasteiger partial charge in [-0.25, -0.2) is 0 Å². The fourth-order valence-corrected chi connectivity index (χ4v) is 2.09. The lowest BCUT2D eigenvalue weighted by Crippen LogP contribution is -1.92. The maximum Gasteiger partial charge on any atom is 0.172 e. The van der Waals surface area contributed by atoms with E-state index >= 15 is 0 Å². The molecule has 0 unspecified atom stereocenters. The second-order valence-corrected chi connectivity index (χ2v) is 5.14. The zero-order chi connectivity index (χ0) is 14.5. The number of ether oxygens (including phenoxy) is 1. The maximum absolute atomic E-state index is 9.72. The van der Waals surface area contributed by atoms with E-state index in [0.717, 1.165) is 11.3 Å². The number of phenols is 1. The highest BCUT2D eigenvalue weighted by molar-refractivity contribution is 9.10. The Morgan fingerprint density at radius 2 is 1.95 bits per heavy atom. The molecule has 0 saturated heterocycles.